The zero-order chi connectivity index (χ0) is 11.6. The summed E-state index contributed by atoms with van der Waals surface area (Å²) in [4.78, 5) is 0. The average molecular weight is 234 g/mol. The summed E-state index contributed by atoms with van der Waals surface area (Å²) < 4.78 is 0. The highest BCUT2D eigenvalue weighted by Crippen LogP contribution is 2.21. The molecule has 0 heterocycles. The van der Waals surface area contributed by atoms with Gasteiger partial charge in [-0.1, -0.05) is 81.6 Å². The maximum Gasteiger partial charge on any atom is 0.0123 e. The fraction of sp³-hybridized carbons (Fsp3) is 0.533. The monoisotopic (exact) mass is 234 g/mol. The molecule has 0 bridgehead atoms. The predicted octanol–water partition coefficient (Wildman–Crippen LogP) is 5.13. The van der Waals surface area contributed by atoms with E-state index >= 15 is 0 Å². The second kappa shape index (κ2) is 8.46. The molecule has 0 saturated carbocycles. The van der Waals surface area contributed by atoms with E-state index in [1.807, 2.05) is 5.37 Å². The zero-order valence-corrected chi connectivity index (χ0v) is 11.0. The summed E-state index contributed by atoms with van der Waals surface area (Å²) in [7, 11) is 0. The minimum absolute atomic E-state index is 0.470. The Kier molecular flexibility index (Phi) is 7.07. The summed E-state index contributed by atoms with van der Waals surface area (Å²) in [5.41, 5.74) is 1.37. The number of hydrogen-bond acceptors (Lipinski definition) is 1. The fourth-order valence-corrected chi connectivity index (χ4v) is 2.27. The molecule has 0 spiro atoms. The van der Waals surface area contributed by atoms with E-state index in [1.165, 1.54) is 44.1 Å². The first-order chi connectivity index (χ1) is 7.88. The van der Waals surface area contributed by atoms with Crippen molar-refractivity contribution in [3.05, 3.63) is 35.9 Å². The highest BCUT2D eigenvalue weighted by molar-refractivity contribution is 7.79. The van der Waals surface area contributed by atoms with Crippen LogP contribution in [0.3, 0.4) is 0 Å². The Balaban J connectivity index is 2.30. The van der Waals surface area contributed by atoms with Crippen LogP contribution in [-0.2, 0) is 0 Å². The van der Waals surface area contributed by atoms with Gasteiger partial charge >= 0.3 is 0 Å². The van der Waals surface area contributed by atoms with Crippen LogP contribution in [0.5, 0.6) is 0 Å². The fourth-order valence-electron chi connectivity index (χ4n) is 1.98. The lowest BCUT2D eigenvalue weighted by Gasteiger charge is -2.11. The first-order valence-corrected chi connectivity index (χ1v) is 6.86. The Labute approximate surface area is 105 Å². The van der Waals surface area contributed by atoms with E-state index in [9.17, 15) is 0 Å². The van der Waals surface area contributed by atoms with Crippen LogP contribution in [0.25, 0.3) is 0 Å². The molecule has 16 heavy (non-hydrogen) atoms. The maximum absolute atomic E-state index is 5.13. The smallest absolute Gasteiger partial charge is 0.0123 e. The van der Waals surface area contributed by atoms with Crippen LogP contribution < -0.4 is 0 Å². The van der Waals surface area contributed by atoms with E-state index in [1.54, 1.807) is 0 Å². The van der Waals surface area contributed by atoms with Gasteiger partial charge in [-0.2, -0.15) is 0 Å². The van der Waals surface area contributed by atoms with Crippen LogP contribution >= 0.6 is 12.2 Å². The first kappa shape index (κ1) is 13.4. The topological polar surface area (TPSA) is 0 Å². The molecule has 0 N–H and O–H groups in total. The molecule has 0 aliphatic rings. The second-order valence-corrected chi connectivity index (χ2v) is 4.63. The lowest BCUT2D eigenvalue weighted by atomic mass is 9.95. The van der Waals surface area contributed by atoms with Crippen LogP contribution in [0.1, 0.15) is 56.9 Å². The number of hydrogen-bond donors (Lipinski definition) is 0. The molecule has 1 atom stereocenters. The van der Waals surface area contributed by atoms with E-state index in [-0.39, 0.29) is 0 Å². The number of thiocarbonyl (C=S) groups is 1. The van der Waals surface area contributed by atoms with Gasteiger partial charge in [-0.15, -0.1) is 0 Å². The summed E-state index contributed by atoms with van der Waals surface area (Å²) >= 11 is 5.13. The van der Waals surface area contributed by atoms with Gasteiger partial charge in [0.25, 0.3) is 0 Å². The lowest BCUT2D eigenvalue weighted by molar-refractivity contribution is 0.598. The van der Waals surface area contributed by atoms with E-state index in [0.717, 1.165) is 0 Å². The Morgan fingerprint density at radius 2 is 1.75 bits per heavy atom. The Bertz CT molecular complexity index is 279. The molecular weight excluding hydrogens is 212 g/mol. The molecule has 1 aromatic rings. The molecule has 0 amide bonds. The van der Waals surface area contributed by atoms with Crippen molar-refractivity contribution in [1.29, 1.82) is 0 Å². The minimum Gasteiger partial charge on any atom is -0.0928 e. The molecule has 0 aromatic heterocycles. The summed E-state index contributed by atoms with van der Waals surface area (Å²) in [6.45, 7) is 2.25. The van der Waals surface area contributed by atoms with Gasteiger partial charge in [0.15, 0.2) is 0 Å². The largest absolute Gasteiger partial charge is 0.0928 e. The van der Waals surface area contributed by atoms with Gasteiger partial charge in [-0.25, -0.2) is 0 Å². The summed E-state index contributed by atoms with van der Waals surface area (Å²) in [5, 5.41) is 1.93. The summed E-state index contributed by atoms with van der Waals surface area (Å²) in [6, 6.07) is 10.6. The molecule has 1 unspecified atom stereocenters. The Morgan fingerprint density at radius 3 is 2.38 bits per heavy atom. The molecule has 0 aliphatic carbocycles. The van der Waals surface area contributed by atoms with Gasteiger partial charge in [-0.3, -0.25) is 0 Å². The normalized spacial score (nSPS) is 12.3. The third kappa shape index (κ3) is 4.89. The van der Waals surface area contributed by atoms with E-state index in [0.29, 0.717) is 5.92 Å². The number of rotatable bonds is 8. The minimum atomic E-state index is 0.470. The molecule has 0 saturated heterocycles. The quantitative estimate of drug-likeness (QED) is 0.444. The van der Waals surface area contributed by atoms with Crippen LogP contribution in [0, 0.1) is 0 Å². The van der Waals surface area contributed by atoms with Crippen LogP contribution in [0.4, 0.5) is 0 Å². The molecule has 0 aliphatic heterocycles. The molecule has 1 rings (SSSR count). The summed E-state index contributed by atoms with van der Waals surface area (Å²) in [6.07, 6.45) is 7.91. The van der Waals surface area contributed by atoms with Gasteiger partial charge in [0.05, 0.1) is 0 Å². The third-order valence-electron chi connectivity index (χ3n) is 3.01. The van der Waals surface area contributed by atoms with Gasteiger partial charge in [-0.05, 0) is 17.4 Å². The first-order valence-electron chi connectivity index (χ1n) is 6.38. The second-order valence-electron chi connectivity index (χ2n) is 4.36. The van der Waals surface area contributed by atoms with Crippen molar-refractivity contribution in [3.63, 3.8) is 0 Å². The standard InChI is InChI=1S/C15H22S/c1-2-3-4-5-7-12-15(13-16)14-10-8-6-9-11-14/h6,8-11,13,15H,2-5,7,12H2,1H3. The van der Waals surface area contributed by atoms with Gasteiger partial charge in [0.1, 0.15) is 0 Å². The highest BCUT2D eigenvalue weighted by atomic mass is 32.1. The highest BCUT2D eigenvalue weighted by Gasteiger charge is 2.06. The van der Waals surface area contributed by atoms with Crippen molar-refractivity contribution in [2.24, 2.45) is 0 Å². The Morgan fingerprint density at radius 1 is 1.06 bits per heavy atom. The van der Waals surface area contributed by atoms with Gasteiger partial charge in [0, 0.05) is 5.92 Å². The van der Waals surface area contributed by atoms with Crippen molar-refractivity contribution in [2.75, 3.05) is 0 Å². The summed E-state index contributed by atoms with van der Waals surface area (Å²) in [5.74, 6) is 0.470. The predicted molar refractivity (Wildman–Crippen MR) is 76.2 cm³/mol. The third-order valence-corrected chi connectivity index (χ3v) is 3.34. The number of unbranched alkanes of at least 4 members (excludes halogenated alkanes) is 4. The number of benzene rings is 1. The van der Waals surface area contributed by atoms with Gasteiger partial charge < -0.3 is 0 Å². The lowest BCUT2D eigenvalue weighted by Crippen LogP contribution is -1.98. The van der Waals surface area contributed by atoms with Crippen molar-refractivity contribution in [1.82, 2.24) is 0 Å². The van der Waals surface area contributed by atoms with E-state index in [4.69, 9.17) is 12.2 Å². The van der Waals surface area contributed by atoms with Crippen molar-refractivity contribution in [2.45, 2.75) is 51.4 Å². The molecule has 0 fully saturated rings. The van der Waals surface area contributed by atoms with E-state index in [2.05, 4.69) is 37.3 Å². The van der Waals surface area contributed by atoms with Crippen LogP contribution in [-0.4, -0.2) is 5.37 Å². The average Bonchev–Trinajstić information content (AvgIpc) is 2.35. The van der Waals surface area contributed by atoms with Crippen molar-refractivity contribution in [3.8, 4) is 0 Å². The SMILES string of the molecule is CCCCCCCC(C=S)c1ccccc1. The van der Waals surface area contributed by atoms with Crippen LogP contribution in [0.2, 0.25) is 0 Å². The molecule has 0 radical (unpaired) electrons. The maximum atomic E-state index is 5.13. The van der Waals surface area contributed by atoms with Crippen LogP contribution in [0.15, 0.2) is 30.3 Å². The van der Waals surface area contributed by atoms with E-state index < -0.39 is 0 Å². The zero-order valence-electron chi connectivity index (χ0n) is 10.2. The van der Waals surface area contributed by atoms with Gasteiger partial charge in [0.2, 0.25) is 0 Å². The molecule has 88 valence electrons. The molecule has 1 aromatic carbocycles. The van der Waals surface area contributed by atoms with Crippen molar-refractivity contribution < 1.29 is 0 Å². The molecule has 1 heteroatoms. The molecular formula is C15H22S. The molecule has 0 nitrogen and oxygen atoms in total. The van der Waals surface area contributed by atoms with Crippen molar-refractivity contribution >= 4 is 17.6 Å². The Hall–Kier alpha value is -0.690.